The Kier molecular flexibility index (Phi) is 4.79. The van der Waals surface area contributed by atoms with Crippen molar-refractivity contribution in [3.63, 3.8) is 0 Å². The summed E-state index contributed by atoms with van der Waals surface area (Å²) in [5, 5.41) is 10.5. The van der Waals surface area contributed by atoms with E-state index in [2.05, 4.69) is 4.72 Å². The Hall–Kier alpha value is -0.860. The van der Waals surface area contributed by atoms with Crippen molar-refractivity contribution in [1.29, 1.82) is 0 Å². The molecule has 0 radical (unpaired) electrons. The van der Waals surface area contributed by atoms with Gasteiger partial charge in [0.05, 0.1) is 27.2 Å². The van der Waals surface area contributed by atoms with E-state index < -0.39 is 22.4 Å². The van der Waals surface area contributed by atoms with Crippen molar-refractivity contribution in [3.05, 3.63) is 43.8 Å². The van der Waals surface area contributed by atoms with Gasteiger partial charge in [-0.15, -0.1) is 11.3 Å². The summed E-state index contributed by atoms with van der Waals surface area (Å²) >= 11 is 12.8. The van der Waals surface area contributed by atoms with Crippen molar-refractivity contribution in [3.8, 4) is 0 Å². The lowest BCUT2D eigenvalue weighted by Crippen LogP contribution is -2.15. The second-order valence-corrected chi connectivity index (χ2v) is 7.58. The van der Waals surface area contributed by atoms with Gasteiger partial charge in [-0.2, -0.15) is 0 Å². The molecular formula is C12H10Cl2FNO3S2. The average Bonchev–Trinajstić information content (AvgIpc) is 2.76. The predicted molar refractivity (Wildman–Crippen MR) is 82.2 cm³/mol. The van der Waals surface area contributed by atoms with Gasteiger partial charge in [0.2, 0.25) is 0 Å². The molecule has 1 aromatic carbocycles. The summed E-state index contributed by atoms with van der Waals surface area (Å²) in [6, 6.07) is 1.91. The predicted octanol–water partition coefficient (Wildman–Crippen LogP) is 3.80. The number of aliphatic hydroxyl groups excluding tert-OH is 1. The van der Waals surface area contributed by atoms with Crippen LogP contribution in [0.2, 0.25) is 10.0 Å². The molecule has 0 aliphatic carbocycles. The van der Waals surface area contributed by atoms with Crippen molar-refractivity contribution in [1.82, 2.24) is 0 Å². The molecule has 4 nitrogen and oxygen atoms in total. The number of sulfonamides is 1. The van der Waals surface area contributed by atoms with Gasteiger partial charge in [0.25, 0.3) is 10.0 Å². The molecule has 114 valence electrons. The number of nitrogens with one attached hydrogen (secondary N) is 1. The van der Waals surface area contributed by atoms with Gasteiger partial charge in [0, 0.05) is 0 Å². The van der Waals surface area contributed by atoms with E-state index in [4.69, 9.17) is 23.2 Å². The Balaban J connectivity index is 2.50. The maximum Gasteiger partial charge on any atom is 0.263 e. The Morgan fingerprint density at radius 3 is 2.43 bits per heavy atom. The largest absolute Gasteiger partial charge is 0.391 e. The number of halogens is 3. The highest BCUT2D eigenvalue weighted by Crippen LogP contribution is 2.35. The van der Waals surface area contributed by atoms with Crippen molar-refractivity contribution in [2.75, 3.05) is 4.72 Å². The molecule has 0 unspecified atom stereocenters. The highest BCUT2D eigenvalue weighted by molar-refractivity contribution is 7.93. The fourth-order valence-corrected chi connectivity index (χ4v) is 5.21. The van der Waals surface area contributed by atoms with Gasteiger partial charge in [-0.1, -0.05) is 23.2 Å². The summed E-state index contributed by atoms with van der Waals surface area (Å²) in [5.74, 6) is -0.671. The molecule has 21 heavy (non-hydrogen) atoms. The lowest BCUT2D eigenvalue weighted by molar-refractivity contribution is 0.282. The Bertz CT molecular complexity index is 767. The summed E-state index contributed by atoms with van der Waals surface area (Å²) in [5.41, 5.74) is 0.389. The molecule has 0 saturated carbocycles. The van der Waals surface area contributed by atoms with Crippen LogP contribution in [0.5, 0.6) is 0 Å². The van der Waals surface area contributed by atoms with Gasteiger partial charge >= 0.3 is 0 Å². The number of benzene rings is 1. The minimum Gasteiger partial charge on any atom is -0.391 e. The molecule has 0 amide bonds. The first-order valence-corrected chi connectivity index (χ1v) is 8.73. The lowest BCUT2D eigenvalue weighted by Gasteiger charge is -2.12. The van der Waals surface area contributed by atoms with Crippen LogP contribution in [0.4, 0.5) is 10.1 Å². The van der Waals surface area contributed by atoms with Crippen LogP contribution in [0.3, 0.4) is 0 Å². The second kappa shape index (κ2) is 6.10. The first kappa shape index (κ1) is 16.5. The van der Waals surface area contributed by atoms with Gasteiger partial charge < -0.3 is 5.11 Å². The van der Waals surface area contributed by atoms with Gasteiger partial charge in [-0.3, -0.25) is 4.72 Å². The molecule has 0 bridgehead atoms. The highest BCUT2D eigenvalue weighted by atomic mass is 35.5. The molecule has 0 aliphatic heterocycles. The first-order chi connectivity index (χ1) is 9.76. The summed E-state index contributed by atoms with van der Waals surface area (Å²) in [7, 11) is -3.99. The molecule has 9 heteroatoms. The van der Waals surface area contributed by atoms with Crippen LogP contribution in [0.15, 0.2) is 22.4 Å². The lowest BCUT2D eigenvalue weighted by atomic mass is 10.3. The summed E-state index contributed by atoms with van der Waals surface area (Å²) in [6.45, 7) is 1.21. The summed E-state index contributed by atoms with van der Waals surface area (Å²) < 4.78 is 40.2. The SMILES string of the molecule is Cc1csc(CO)c1S(=O)(=O)Nc1c(Cl)cc(F)cc1Cl. The van der Waals surface area contributed by atoms with E-state index in [1.54, 1.807) is 12.3 Å². The number of aryl methyl sites for hydroxylation is 1. The molecule has 0 fully saturated rings. The fourth-order valence-electron chi connectivity index (χ4n) is 1.78. The van der Waals surface area contributed by atoms with Gasteiger partial charge in [-0.05, 0) is 30.0 Å². The zero-order chi connectivity index (χ0) is 15.8. The van der Waals surface area contributed by atoms with Gasteiger partial charge in [-0.25, -0.2) is 12.8 Å². The fraction of sp³-hybridized carbons (Fsp3) is 0.167. The van der Waals surface area contributed by atoms with Crippen LogP contribution < -0.4 is 4.72 Å². The molecule has 0 spiro atoms. The molecule has 1 aromatic heterocycles. The quantitative estimate of drug-likeness (QED) is 0.861. The third kappa shape index (κ3) is 3.32. The molecule has 2 N–H and O–H groups in total. The third-order valence-electron chi connectivity index (χ3n) is 2.65. The Labute approximate surface area is 135 Å². The molecular weight excluding hydrogens is 360 g/mol. The van der Waals surface area contributed by atoms with Crippen LogP contribution in [-0.4, -0.2) is 13.5 Å². The van der Waals surface area contributed by atoms with E-state index in [-0.39, 0.29) is 20.6 Å². The Morgan fingerprint density at radius 2 is 1.90 bits per heavy atom. The van der Waals surface area contributed by atoms with E-state index in [1.165, 1.54) is 0 Å². The number of aliphatic hydroxyl groups is 1. The zero-order valence-electron chi connectivity index (χ0n) is 10.7. The number of thiophene rings is 1. The molecule has 0 atom stereocenters. The molecule has 0 saturated heterocycles. The molecule has 1 heterocycles. The topological polar surface area (TPSA) is 66.4 Å². The van der Waals surface area contributed by atoms with Crippen LogP contribution in [0.1, 0.15) is 10.4 Å². The van der Waals surface area contributed by atoms with Crippen LogP contribution in [-0.2, 0) is 16.6 Å². The smallest absolute Gasteiger partial charge is 0.263 e. The van der Waals surface area contributed by atoms with Crippen molar-refractivity contribution in [2.45, 2.75) is 18.4 Å². The summed E-state index contributed by atoms with van der Waals surface area (Å²) in [6.07, 6.45) is 0. The number of rotatable bonds is 4. The third-order valence-corrected chi connectivity index (χ3v) is 6.04. The minimum atomic E-state index is -3.99. The maximum absolute atomic E-state index is 13.1. The van der Waals surface area contributed by atoms with Crippen molar-refractivity contribution < 1.29 is 17.9 Å². The minimum absolute atomic E-state index is 0.0218. The first-order valence-electron chi connectivity index (χ1n) is 5.61. The normalized spacial score (nSPS) is 11.7. The molecule has 2 rings (SSSR count). The number of hydrogen-bond donors (Lipinski definition) is 2. The number of anilines is 1. The van der Waals surface area contributed by atoms with Crippen molar-refractivity contribution in [2.24, 2.45) is 0 Å². The van der Waals surface area contributed by atoms with Crippen LogP contribution in [0, 0.1) is 12.7 Å². The standard InChI is InChI=1S/C12H10Cl2FNO3S2/c1-6-5-20-10(4-17)12(6)21(18,19)16-11-8(13)2-7(15)3-9(11)14/h2-3,5,16-17H,4H2,1H3. The summed E-state index contributed by atoms with van der Waals surface area (Å²) in [4.78, 5) is 0.279. The number of hydrogen-bond acceptors (Lipinski definition) is 4. The average molecular weight is 370 g/mol. The van der Waals surface area contributed by atoms with E-state index in [1.807, 2.05) is 0 Å². The Morgan fingerprint density at radius 1 is 1.33 bits per heavy atom. The van der Waals surface area contributed by atoms with E-state index in [0.717, 1.165) is 23.5 Å². The molecule has 2 aromatic rings. The zero-order valence-corrected chi connectivity index (χ0v) is 13.8. The van der Waals surface area contributed by atoms with Crippen molar-refractivity contribution >= 4 is 50.2 Å². The van der Waals surface area contributed by atoms with E-state index >= 15 is 0 Å². The molecule has 0 aliphatic rings. The van der Waals surface area contributed by atoms with Gasteiger partial charge in [0.15, 0.2) is 0 Å². The van der Waals surface area contributed by atoms with Crippen LogP contribution in [0.25, 0.3) is 0 Å². The second-order valence-electron chi connectivity index (χ2n) is 4.18. The van der Waals surface area contributed by atoms with Gasteiger partial charge in [0.1, 0.15) is 10.7 Å². The van der Waals surface area contributed by atoms with E-state index in [9.17, 15) is 17.9 Å². The monoisotopic (exact) mass is 369 g/mol. The maximum atomic E-state index is 13.1. The van der Waals surface area contributed by atoms with Crippen LogP contribution >= 0.6 is 34.5 Å². The highest BCUT2D eigenvalue weighted by Gasteiger charge is 2.24. The van der Waals surface area contributed by atoms with E-state index in [0.29, 0.717) is 10.4 Å².